The van der Waals surface area contributed by atoms with E-state index in [0.717, 1.165) is 12.0 Å². The van der Waals surface area contributed by atoms with E-state index in [4.69, 9.17) is 20.9 Å². The van der Waals surface area contributed by atoms with E-state index >= 15 is 0 Å². The Morgan fingerprint density at radius 1 is 1.25 bits per heavy atom. The lowest BCUT2D eigenvalue weighted by molar-refractivity contribution is 0.275. The number of hydrogen-bond acceptors (Lipinski definition) is 4. The van der Waals surface area contributed by atoms with Gasteiger partial charge >= 0.3 is 6.01 Å². The molecule has 0 saturated heterocycles. The number of aromatic nitrogens is 2. The number of halogens is 1. The molecule has 2 aromatic rings. The van der Waals surface area contributed by atoms with Crippen molar-refractivity contribution in [1.29, 1.82) is 0 Å². The number of ether oxygens (including phenoxy) is 1. The van der Waals surface area contributed by atoms with E-state index in [1.807, 2.05) is 30.3 Å². The monoisotopic (exact) mass is 238 g/mol. The average Bonchev–Trinajstić information content (AvgIpc) is 2.79. The summed E-state index contributed by atoms with van der Waals surface area (Å²) in [5.41, 5.74) is 0.877. The van der Waals surface area contributed by atoms with Crippen LogP contribution in [0.5, 0.6) is 6.01 Å². The van der Waals surface area contributed by atoms with Crippen LogP contribution < -0.4 is 4.74 Å². The van der Waals surface area contributed by atoms with Crippen molar-refractivity contribution in [3.8, 4) is 17.5 Å². The molecule has 0 fully saturated rings. The lowest BCUT2D eigenvalue weighted by Crippen LogP contribution is -1.98. The van der Waals surface area contributed by atoms with Crippen molar-refractivity contribution in [3.05, 3.63) is 30.3 Å². The van der Waals surface area contributed by atoms with Crippen molar-refractivity contribution in [2.24, 2.45) is 0 Å². The van der Waals surface area contributed by atoms with Crippen LogP contribution in [0.4, 0.5) is 0 Å². The Morgan fingerprint density at radius 2 is 2.06 bits per heavy atom. The molecule has 5 heteroatoms. The van der Waals surface area contributed by atoms with Crippen molar-refractivity contribution < 1.29 is 9.26 Å². The topological polar surface area (TPSA) is 48.2 Å². The third kappa shape index (κ3) is 2.73. The van der Waals surface area contributed by atoms with Gasteiger partial charge in [0.2, 0.25) is 0 Å². The molecule has 1 heterocycles. The smallest absolute Gasteiger partial charge is 0.354 e. The standard InChI is InChI=1S/C11H11ClN2O2/c12-7-4-8-15-11-13-10(16-14-11)9-5-2-1-3-6-9/h1-3,5-6H,4,7-8H2. The Morgan fingerprint density at radius 3 is 2.81 bits per heavy atom. The zero-order chi connectivity index (χ0) is 11.2. The van der Waals surface area contributed by atoms with Gasteiger partial charge in [0.1, 0.15) is 0 Å². The quantitative estimate of drug-likeness (QED) is 0.594. The molecule has 0 atom stereocenters. The second-order valence-corrected chi connectivity index (χ2v) is 3.52. The van der Waals surface area contributed by atoms with Crippen LogP contribution in [-0.2, 0) is 0 Å². The molecule has 0 unspecified atom stereocenters. The van der Waals surface area contributed by atoms with Crippen molar-refractivity contribution in [1.82, 2.24) is 10.1 Å². The number of hydrogen-bond donors (Lipinski definition) is 0. The molecule has 0 N–H and O–H groups in total. The van der Waals surface area contributed by atoms with E-state index in [2.05, 4.69) is 10.1 Å². The molecular weight excluding hydrogens is 228 g/mol. The molecule has 0 aliphatic carbocycles. The molecule has 84 valence electrons. The van der Waals surface area contributed by atoms with Gasteiger partial charge in [-0.15, -0.1) is 11.6 Å². The van der Waals surface area contributed by atoms with Gasteiger partial charge in [-0.3, -0.25) is 0 Å². The summed E-state index contributed by atoms with van der Waals surface area (Å²) in [6, 6.07) is 9.80. The molecule has 0 spiro atoms. The Bertz CT molecular complexity index is 431. The summed E-state index contributed by atoms with van der Waals surface area (Å²) in [6.07, 6.45) is 0.761. The highest BCUT2D eigenvalue weighted by Gasteiger charge is 2.08. The highest BCUT2D eigenvalue weighted by atomic mass is 35.5. The first-order valence-corrected chi connectivity index (χ1v) is 5.51. The number of rotatable bonds is 5. The van der Waals surface area contributed by atoms with E-state index in [1.165, 1.54) is 0 Å². The molecule has 1 aromatic carbocycles. The minimum Gasteiger partial charge on any atom is -0.461 e. The second-order valence-electron chi connectivity index (χ2n) is 3.14. The fraction of sp³-hybridized carbons (Fsp3) is 0.273. The van der Waals surface area contributed by atoms with E-state index in [9.17, 15) is 0 Å². The maximum atomic E-state index is 5.52. The second kappa shape index (κ2) is 5.51. The predicted molar refractivity (Wildman–Crippen MR) is 60.6 cm³/mol. The van der Waals surface area contributed by atoms with Gasteiger partial charge in [-0.2, -0.15) is 4.98 Å². The zero-order valence-electron chi connectivity index (χ0n) is 8.60. The van der Waals surface area contributed by atoms with Crippen LogP contribution in [0.3, 0.4) is 0 Å². The summed E-state index contributed by atoms with van der Waals surface area (Å²) in [5, 5.41) is 3.71. The van der Waals surface area contributed by atoms with Crippen LogP contribution in [0.25, 0.3) is 11.5 Å². The van der Waals surface area contributed by atoms with E-state index in [-0.39, 0.29) is 6.01 Å². The van der Waals surface area contributed by atoms with E-state index in [1.54, 1.807) is 0 Å². The minimum atomic E-state index is 0.254. The van der Waals surface area contributed by atoms with Crippen LogP contribution in [0, 0.1) is 0 Å². The van der Waals surface area contributed by atoms with Crippen molar-refractivity contribution in [2.75, 3.05) is 12.5 Å². The summed E-state index contributed by atoms with van der Waals surface area (Å²) < 4.78 is 10.3. The van der Waals surface area contributed by atoms with Crippen molar-refractivity contribution in [2.45, 2.75) is 6.42 Å². The summed E-state index contributed by atoms with van der Waals surface area (Å²) in [5.74, 6) is 1.02. The Balaban J connectivity index is 2.02. The lowest BCUT2D eigenvalue weighted by Gasteiger charge is -1.96. The molecule has 0 radical (unpaired) electrons. The summed E-state index contributed by atoms with van der Waals surface area (Å²) in [6.45, 7) is 0.497. The molecule has 2 rings (SSSR count). The normalized spacial score (nSPS) is 10.3. The highest BCUT2D eigenvalue weighted by molar-refractivity contribution is 6.17. The lowest BCUT2D eigenvalue weighted by atomic mass is 10.2. The van der Waals surface area contributed by atoms with Gasteiger partial charge in [0.15, 0.2) is 0 Å². The predicted octanol–water partition coefficient (Wildman–Crippen LogP) is 2.74. The molecule has 0 bridgehead atoms. The minimum absolute atomic E-state index is 0.254. The fourth-order valence-electron chi connectivity index (χ4n) is 1.18. The maximum absolute atomic E-state index is 5.52. The van der Waals surface area contributed by atoms with Crippen LogP contribution >= 0.6 is 11.6 Å². The van der Waals surface area contributed by atoms with E-state index in [0.29, 0.717) is 18.4 Å². The number of nitrogens with zero attached hydrogens (tertiary/aromatic N) is 2. The first kappa shape index (κ1) is 11.0. The van der Waals surface area contributed by atoms with Crippen molar-refractivity contribution in [3.63, 3.8) is 0 Å². The largest absolute Gasteiger partial charge is 0.461 e. The molecule has 1 aromatic heterocycles. The van der Waals surface area contributed by atoms with Crippen LogP contribution in [0.2, 0.25) is 0 Å². The third-order valence-corrected chi connectivity index (χ3v) is 2.20. The molecule has 0 aliphatic rings. The molecule has 0 saturated carbocycles. The van der Waals surface area contributed by atoms with Gasteiger partial charge in [-0.1, -0.05) is 18.2 Å². The van der Waals surface area contributed by atoms with Crippen LogP contribution in [0.1, 0.15) is 6.42 Å². The molecule has 0 amide bonds. The van der Waals surface area contributed by atoms with Crippen LogP contribution in [0.15, 0.2) is 34.9 Å². The molecule has 0 aliphatic heterocycles. The molecular formula is C11H11ClN2O2. The first-order chi connectivity index (χ1) is 7.90. The van der Waals surface area contributed by atoms with Crippen molar-refractivity contribution >= 4 is 11.6 Å². The molecule has 16 heavy (non-hydrogen) atoms. The molecule has 4 nitrogen and oxygen atoms in total. The fourth-order valence-corrected chi connectivity index (χ4v) is 1.29. The highest BCUT2D eigenvalue weighted by Crippen LogP contribution is 2.18. The summed E-state index contributed by atoms with van der Waals surface area (Å²) in [4.78, 5) is 4.11. The Labute approximate surface area is 98.2 Å². The summed E-state index contributed by atoms with van der Waals surface area (Å²) in [7, 11) is 0. The van der Waals surface area contributed by atoms with Gasteiger partial charge in [0, 0.05) is 11.4 Å². The van der Waals surface area contributed by atoms with Gasteiger partial charge in [0.05, 0.1) is 6.61 Å². The number of benzene rings is 1. The SMILES string of the molecule is ClCCCOc1noc(-c2ccccc2)n1. The van der Waals surface area contributed by atoms with Gasteiger partial charge in [0.25, 0.3) is 5.89 Å². The maximum Gasteiger partial charge on any atom is 0.354 e. The van der Waals surface area contributed by atoms with Crippen LogP contribution in [-0.4, -0.2) is 22.6 Å². The Hall–Kier alpha value is -1.55. The van der Waals surface area contributed by atoms with Gasteiger partial charge < -0.3 is 9.26 Å². The average molecular weight is 239 g/mol. The Kier molecular flexibility index (Phi) is 3.77. The summed E-state index contributed by atoms with van der Waals surface area (Å²) >= 11 is 5.52. The van der Waals surface area contributed by atoms with E-state index < -0.39 is 0 Å². The third-order valence-electron chi connectivity index (χ3n) is 1.94. The van der Waals surface area contributed by atoms with Gasteiger partial charge in [-0.05, 0) is 23.7 Å². The van der Waals surface area contributed by atoms with Gasteiger partial charge in [-0.25, -0.2) is 0 Å². The number of alkyl halides is 1. The first-order valence-electron chi connectivity index (χ1n) is 4.98. The zero-order valence-corrected chi connectivity index (χ0v) is 9.35.